The molecule has 0 unspecified atom stereocenters. The second kappa shape index (κ2) is 8.27. The number of nitrogens with zero attached hydrogens (tertiary/aromatic N) is 2. The Morgan fingerprint density at radius 1 is 1.24 bits per heavy atom. The largest absolute Gasteiger partial charge is 0.481 e. The Morgan fingerprint density at radius 3 is 2.59 bits per heavy atom. The van der Waals surface area contributed by atoms with Crippen LogP contribution in [0.15, 0.2) is 42.5 Å². The molecule has 0 radical (unpaired) electrons. The van der Waals surface area contributed by atoms with Gasteiger partial charge in [-0.3, -0.25) is 4.79 Å². The number of nitrogens with one attached hydrogen (secondary N) is 1. The third kappa shape index (κ3) is 4.51. The molecule has 2 aromatic carbocycles. The number of fused-ring (bicyclic) bond motifs is 1. The molecule has 1 aromatic heterocycles. The van der Waals surface area contributed by atoms with E-state index in [1.807, 2.05) is 0 Å². The minimum atomic E-state index is -4.41. The highest BCUT2D eigenvalue weighted by Gasteiger charge is 2.30. The highest BCUT2D eigenvalue weighted by atomic mass is 19.4. The summed E-state index contributed by atoms with van der Waals surface area (Å²) in [6.45, 7) is 2.01. The molecule has 0 fully saturated rings. The van der Waals surface area contributed by atoms with Crippen molar-refractivity contribution in [2.45, 2.75) is 26.1 Å². The van der Waals surface area contributed by atoms with Crippen molar-refractivity contribution in [3.05, 3.63) is 53.7 Å². The Hall–Kier alpha value is -3.47. The maximum Gasteiger partial charge on any atom is 0.416 e. The van der Waals surface area contributed by atoms with E-state index < -0.39 is 11.7 Å². The number of terminal acetylenes is 1. The number of rotatable bonds is 6. The van der Waals surface area contributed by atoms with Crippen LogP contribution in [0.5, 0.6) is 5.75 Å². The number of carbonyl (C=O) groups is 1. The van der Waals surface area contributed by atoms with Crippen LogP contribution in [0.3, 0.4) is 0 Å². The summed E-state index contributed by atoms with van der Waals surface area (Å²) in [6.07, 6.45) is 1.13. The van der Waals surface area contributed by atoms with Crippen molar-refractivity contribution in [1.29, 1.82) is 0 Å². The predicted octanol–water partition coefficient (Wildman–Crippen LogP) is 4.08. The zero-order chi connectivity index (χ0) is 21.0. The number of hydrogen-bond donors (Lipinski definition) is 1. The summed E-state index contributed by atoms with van der Waals surface area (Å²) >= 11 is 0. The molecule has 0 atom stereocenters. The highest BCUT2D eigenvalue weighted by Crippen LogP contribution is 2.31. The SMILES string of the molecule is C#CCOc1ccc2c(c1)c(CNC(=O)CC)nn2-c1ccc(C(F)(F)F)cc1. The summed E-state index contributed by atoms with van der Waals surface area (Å²) in [5, 5.41) is 7.97. The Labute approximate surface area is 165 Å². The molecule has 1 amide bonds. The molecule has 3 rings (SSSR count). The van der Waals surface area contributed by atoms with Crippen molar-refractivity contribution < 1.29 is 22.7 Å². The molecule has 0 spiro atoms. The fourth-order valence-electron chi connectivity index (χ4n) is 2.80. The molecule has 0 saturated heterocycles. The summed E-state index contributed by atoms with van der Waals surface area (Å²) in [5.74, 6) is 2.78. The van der Waals surface area contributed by atoms with Crippen molar-refractivity contribution in [1.82, 2.24) is 15.1 Å². The van der Waals surface area contributed by atoms with Gasteiger partial charge in [-0.25, -0.2) is 4.68 Å². The third-order valence-corrected chi connectivity index (χ3v) is 4.26. The Morgan fingerprint density at radius 2 is 1.97 bits per heavy atom. The van der Waals surface area contributed by atoms with E-state index in [4.69, 9.17) is 11.2 Å². The average molecular weight is 401 g/mol. The van der Waals surface area contributed by atoms with Gasteiger partial charge >= 0.3 is 6.18 Å². The van der Waals surface area contributed by atoms with Gasteiger partial charge in [0, 0.05) is 11.8 Å². The van der Waals surface area contributed by atoms with E-state index in [-0.39, 0.29) is 19.1 Å². The number of hydrogen-bond acceptors (Lipinski definition) is 3. The van der Waals surface area contributed by atoms with Crippen molar-refractivity contribution in [3.63, 3.8) is 0 Å². The van der Waals surface area contributed by atoms with Crippen molar-refractivity contribution in [2.75, 3.05) is 6.61 Å². The fraction of sp³-hybridized carbons (Fsp3) is 0.238. The van der Waals surface area contributed by atoms with Crippen molar-refractivity contribution in [3.8, 4) is 23.8 Å². The van der Waals surface area contributed by atoms with Gasteiger partial charge in [0.15, 0.2) is 0 Å². The second-order valence-corrected chi connectivity index (χ2v) is 6.21. The minimum Gasteiger partial charge on any atom is -0.481 e. The van der Waals surface area contributed by atoms with Crippen molar-refractivity contribution >= 4 is 16.8 Å². The van der Waals surface area contributed by atoms with E-state index in [0.29, 0.717) is 34.5 Å². The van der Waals surface area contributed by atoms with E-state index in [1.165, 1.54) is 16.8 Å². The Kier molecular flexibility index (Phi) is 5.78. The lowest BCUT2D eigenvalue weighted by Gasteiger charge is -2.08. The summed E-state index contributed by atoms with van der Waals surface area (Å²) in [4.78, 5) is 11.6. The number of ether oxygens (including phenoxy) is 1. The van der Waals surface area contributed by atoms with E-state index in [2.05, 4.69) is 16.3 Å². The third-order valence-electron chi connectivity index (χ3n) is 4.26. The smallest absolute Gasteiger partial charge is 0.416 e. The second-order valence-electron chi connectivity index (χ2n) is 6.21. The average Bonchev–Trinajstić information content (AvgIpc) is 3.07. The van der Waals surface area contributed by atoms with E-state index in [1.54, 1.807) is 25.1 Å². The first-order valence-electron chi connectivity index (χ1n) is 8.85. The summed E-state index contributed by atoms with van der Waals surface area (Å²) in [7, 11) is 0. The van der Waals surface area contributed by atoms with Crippen LogP contribution in [-0.2, 0) is 17.5 Å². The number of halogens is 3. The molecular weight excluding hydrogens is 383 g/mol. The first-order valence-corrected chi connectivity index (χ1v) is 8.85. The molecule has 1 heterocycles. The molecule has 0 bridgehead atoms. The number of alkyl halides is 3. The molecule has 3 aromatic rings. The van der Waals surface area contributed by atoms with Gasteiger partial charge in [-0.1, -0.05) is 12.8 Å². The van der Waals surface area contributed by atoms with Crippen molar-refractivity contribution in [2.24, 2.45) is 0 Å². The molecule has 0 aliphatic rings. The van der Waals surface area contributed by atoms with Crippen LogP contribution in [0.25, 0.3) is 16.6 Å². The Bertz CT molecular complexity index is 1060. The van der Waals surface area contributed by atoms with Crippen LogP contribution < -0.4 is 10.1 Å². The van der Waals surface area contributed by atoms with Gasteiger partial charge in [-0.05, 0) is 42.5 Å². The van der Waals surface area contributed by atoms with E-state index >= 15 is 0 Å². The zero-order valence-electron chi connectivity index (χ0n) is 15.6. The number of aromatic nitrogens is 2. The predicted molar refractivity (Wildman–Crippen MR) is 103 cm³/mol. The summed E-state index contributed by atoms with van der Waals surface area (Å²) in [5.41, 5.74) is 0.956. The maximum absolute atomic E-state index is 12.8. The van der Waals surface area contributed by atoms with Crippen LogP contribution in [0.4, 0.5) is 13.2 Å². The van der Waals surface area contributed by atoms with Gasteiger partial charge in [-0.15, -0.1) is 6.42 Å². The molecule has 8 heteroatoms. The lowest BCUT2D eigenvalue weighted by Crippen LogP contribution is -2.21. The van der Waals surface area contributed by atoms with Gasteiger partial charge in [0.25, 0.3) is 0 Å². The first-order chi connectivity index (χ1) is 13.8. The molecule has 29 heavy (non-hydrogen) atoms. The van der Waals surface area contributed by atoms with Gasteiger partial charge in [0.1, 0.15) is 12.4 Å². The zero-order valence-corrected chi connectivity index (χ0v) is 15.6. The maximum atomic E-state index is 12.8. The molecule has 150 valence electrons. The molecule has 0 aliphatic carbocycles. The summed E-state index contributed by atoms with van der Waals surface area (Å²) < 4.78 is 45.5. The Balaban J connectivity index is 2.04. The topological polar surface area (TPSA) is 56.1 Å². The van der Waals surface area contributed by atoms with Gasteiger partial charge < -0.3 is 10.1 Å². The quantitative estimate of drug-likeness (QED) is 0.634. The fourth-order valence-corrected chi connectivity index (χ4v) is 2.80. The number of amides is 1. The van der Waals surface area contributed by atoms with Gasteiger partial charge in [0.2, 0.25) is 5.91 Å². The lowest BCUT2D eigenvalue weighted by atomic mass is 10.1. The molecule has 1 N–H and O–H groups in total. The molecule has 5 nitrogen and oxygen atoms in total. The van der Waals surface area contributed by atoms with E-state index in [9.17, 15) is 18.0 Å². The standard InChI is InChI=1S/C21H18F3N3O2/c1-3-11-29-16-9-10-19-17(12-16)18(13-25-20(28)4-2)26-27(19)15-7-5-14(6-8-15)21(22,23)24/h1,5-10,12H,4,11,13H2,2H3,(H,25,28). The molecule has 0 saturated carbocycles. The van der Waals surface area contributed by atoms with Crippen LogP contribution in [0.2, 0.25) is 0 Å². The monoisotopic (exact) mass is 401 g/mol. The van der Waals surface area contributed by atoms with Crippen LogP contribution in [-0.4, -0.2) is 22.3 Å². The lowest BCUT2D eigenvalue weighted by molar-refractivity contribution is -0.137. The normalized spacial score (nSPS) is 11.3. The van der Waals surface area contributed by atoms with Gasteiger partial charge in [-0.2, -0.15) is 18.3 Å². The number of carbonyl (C=O) groups excluding carboxylic acids is 1. The highest BCUT2D eigenvalue weighted by molar-refractivity contribution is 5.85. The van der Waals surface area contributed by atoms with Crippen LogP contribution in [0.1, 0.15) is 24.6 Å². The van der Waals surface area contributed by atoms with Gasteiger partial charge in [0.05, 0.1) is 29.0 Å². The molecule has 0 aliphatic heterocycles. The minimum absolute atomic E-state index is 0.0977. The van der Waals surface area contributed by atoms with E-state index in [0.717, 1.165) is 12.1 Å². The summed E-state index contributed by atoms with van der Waals surface area (Å²) in [6, 6.07) is 9.91. The van der Waals surface area contributed by atoms with Crippen LogP contribution >= 0.6 is 0 Å². The number of benzene rings is 2. The first kappa shape index (κ1) is 20.3. The molecular formula is C21H18F3N3O2. The van der Waals surface area contributed by atoms with Crippen LogP contribution in [0, 0.1) is 12.3 Å².